The van der Waals surface area contributed by atoms with Crippen LogP contribution in [0, 0.1) is 28.8 Å². The van der Waals surface area contributed by atoms with Gasteiger partial charge in [0.25, 0.3) is 0 Å². The summed E-state index contributed by atoms with van der Waals surface area (Å²) in [5.41, 5.74) is 6.03. The third-order valence-corrected chi connectivity index (χ3v) is 2.44. The average Bonchev–Trinajstić information content (AvgIpc) is 2.37. The summed E-state index contributed by atoms with van der Waals surface area (Å²) in [6.45, 7) is 0. The summed E-state index contributed by atoms with van der Waals surface area (Å²) in [5.74, 6) is -3.41. The highest BCUT2D eigenvalue weighted by Gasteiger charge is 2.12. The summed E-state index contributed by atoms with van der Waals surface area (Å²) >= 11 is 0. The van der Waals surface area contributed by atoms with Gasteiger partial charge in [-0.1, -0.05) is 0 Å². The molecule has 3 nitrogen and oxygen atoms in total. The number of nitrogens with two attached hydrogens (primary N) is 1. The number of benzene rings is 2. The van der Waals surface area contributed by atoms with E-state index in [-0.39, 0.29) is 17.1 Å². The summed E-state index contributed by atoms with van der Waals surface area (Å²) in [4.78, 5) is 0. The van der Waals surface area contributed by atoms with Crippen LogP contribution in [0.3, 0.4) is 0 Å². The highest BCUT2D eigenvalue weighted by Crippen LogP contribution is 2.27. The van der Waals surface area contributed by atoms with Gasteiger partial charge in [0.1, 0.15) is 5.82 Å². The molecule has 0 aliphatic heterocycles. The Labute approximate surface area is 107 Å². The Morgan fingerprint density at radius 3 is 2.42 bits per heavy atom. The molecule has 0 unspecified atom stereocenters. The van der Waals surface area contributed by atoms with Crippen LogP contribution in [0.1, 0.15) is 5.56 Å². The molecule has 0 bridgehead atoms. The van der Waals surface area contributed by atoms with E-state index in [0.29, 0.717) is 11.6 Å². The van der Waals surface area contributed by atoms with Crippen molar-refractivity contribution in [3.63, 3.8) is 0 Å². The minimum Gasteiger partial charge on any atom is -0.397 e. The summed E-state index contributed by atoms with van der Waals surface area (Å²) in [6, 6.07) is 7.40. The normalized spacial score (nSPS) is 10.0. The third kappa shape index (κ3) is 2.60. The van der Waals surface area contributed by atoms with E-state index in [1.54, 1.807) is 0 Å². The van der Waals surface area contributed by atoms with Gasteiger partial charge >= 0.3 is 0 Å². The molecule has 0 amide bonds. The van der Waals surface area contributed by atoms with Crippen molar-refractivity contribution >= 4 is 17.1 Å². The number of nitrogen functional groups attached to an aromatic ring is 1. The molecule has 0 saturated carbocycles. The first-order valence-corrected chi connectivity index (χ1v) is 5.22. The second-order valence-electron chi connectivity index (χ2n) is 3.79. The second kappa shape index (κ2) is 4.90. The summed E-state index contributed by atoms with van der Waals surface area (Å²) < 4.78 is 39.5. The standard InChI is InChI=1S/C13H8F3N3/c14-8-4-9(15)13(16)12(5-8)19-11-2-1-7(6-17)3-10(11)18/h1-5,19H,18H2. The Balaban J connectivity index is 2.39. The van der Waals surface area contributed by atoms with E-state index in [4.69, 9.17) is 11.0 Å². The summed E-state index contributed by atoms with van der Waals surface area (Å²) in [6.07, 6.45) is 0. The minimum absolute atomic E-state index is 0.170. The monoisotopic (exact) mass is 263 g/mol. The zero-order chi connectivity index (χ0) is 14.0. The number of hydrogen-bond donors (Lipinski definition) is 2. The van der Waals surface area contributed by atoms with E-state index in [1.807, 2.05) is 6.07 Å². The lowest BCUT2D eigenvalue weighted by atomic mass is 10.2. The van der Waals surface area contributed by atoms with Gasteiger partial charge in [0.15, 0.2) is 11.6 Å². The van der Waals surface area contributed by atoms with E-state index in [9.17, 15) is 13.2 Å². The molecule has 0 fully saturated rings. The van der Waals surface area contributed by atoms with Crippen molar-refractivity contribution in [1.29, 1.82) is 5.26 Å². The molecule has 2 aromatic rings. The van der Waals surface area contributed by atoms with Crippen molar-refractivity contribution in [3.8, 4) is 6.07 Å². The van der Waals surface area contributed by atoms with Gasteiger partial charge in [0.05, 0.1) is 28.7 Å². The number of anilines is 3. The minimum atomic E-state index is -1.30. The van der Waals surface area contributed by atoms with Crippen LogP contribution in [0.15, 0.2) is 30.3 Å². The molecule has 0 aliphatic carbocycles. The molecule has 0 aliphatic rings. The third-order valence-electron chi connectivity index (χ3n) is 2.44. The Kier molecular flexibility index (Phi) is 3.29. The maximum atomic E-state index is 13.4. The molecule has 0 atom stereocenters. The van der Waals surface area contributed by atoms with Crippen molar-refractivity contribution < 1.29 is 13.2 Å². The van der Waals surface area contributed by atoms with Crippen LogP contribution in [0.25, 0.3) is 0 Å². The Hall–Kier alpha value is -2.68. The molecule has 96 valence electrons. The first-order valence-electron chi connectivity index (χ1n) is 5.22. The molecular formula is C13H8F3N3. The molecule has 0 heterocycles. The van der Waals surface area contributed by atoms with Gasteiger partial charge in [-0.2, -0.15) is 5.26 Å². The number of rotatable bonds is 2. The molecule has 0 spiro atoms. The van der Waals surface area contributed by atoms with Gasteiger partial charge in [-0.15, -0.1) is 0 Å². The predicted molar refractivity (Wildman–Crippen MR) is 65.2 cm³/mol. The molecule has 0 saturated heterocycles. The number of hydrogen-bond acceptors (Lipinski definition) is 3. The highest BCUT2D eigenvalue weighted by molar-refractivity contribution is 5.74. The van der Waals surface area contributed by atoms with E-state index in [1.165, 1.54) is 18.2 Å². The van der Waals surface area contributed by atoms with E-state index in [2.05, 4.69) is 5.32 Å². The highest BCUT2D eigenvalue weighted by atomic mass is 19.2. The van der Waals surface area contributed by atoms with E-state index in [0.717, 1.165) is 6.07 Å². The Morgan fingerprint density at radius 2 is 1.79 bits per heavy atom. The fraction of sp³-hybridized carbons (Fsp3) is 0. The van der Waals surface area contributed by atoms with Gasteiger partial charge < -0.3 is 11.1 Å². The quantitative estimate of drug-likeness (QED) is 0.645. The Morgan fingerprint density at radius 1 is 1.05 bits per heavy atom. The molecule has 2 aromatic carbocycles. The fourth-order valence-electron chi connectivity index (χ4n) is 1.54. The van der Waals surface area contributed by atoms with E-state index < -0.39 is 17.5 Å². The molecule has 0 radical (unpaired) electrons. The largest absolute Gasteiger partial charge is 0.397 e. The van der Waals surface area contributed by atoms with Crippen molar-refractivity contribution in [2.45, 2.75) is 0 Å². The Bertz CT molecular complexity index is 678. The van der Waals surface area contributed by atoms with Crippen LogP contribution >= 0.6 is 0 Å². The molecule has 3 N–H and O–H groups in total. The zero-order valence-corrected chi connectivity index (χ0v) is 9.55. The molecule has 0 aromatic heterocycles. The lowest BCUT2D eigenvalue weighted by Crippen LogP contribution is -2.01. The first kappa shape index (κ1) is 12.8. The topological polar surface area (TPSA) is 61.8 Å². The van der Waals surface area contributed by atoms with Crippen LogP contribution in [-0.4, -0.2) is 0 Å². The number of nitrogens with one attached hydrogen (secondary N) is 1. The van der Waals surface area contributed by atoms with E-state index >= 15 is 0 Å². The first-order chi connectivity index (χ1) is 9.01. The summed E-state index contributed by atoms with van der Waals surface area (Å²) in [7, 11) is 0. The van der Waals surface area contributed by atoms with Crippen LogP contribution in [0.2, 0.25) is 0 Å². The van der Waals surface area contributed by atoms with Gasteiger partial charge in [-0.3, -0.25) is 0 Å². The van der Waals surface area contributed by atoms with Crippen molar-refractivity contribution in [2.75, 3.05) is 11.1 Å². The zero-order valence-electron chi connectivity index (χ0n) is 9.55. The summed E-state index contributed by atoms with van der Waals surface area (Å²) in [5, 5.41) is 11.2. The van der Waals surface area contributed by atoms with Gasteiger partial charge in [0, 0.05) is 12.1 Å². The van der Waals surface area contributed by atoms with Crippen LogP contribution in [0.5, 0.6) is 0 Å². The maximum Gasteiger partial charge on any atom is 0.182 e. The molecular weight excluding hydrogens is 255 g/mol. The molecule has 19 heavy (non-hydrogen) atoms. The van der Waals surface area contributed by atoms with Crippen LogP contribution < -0.4 is 11.1 Å². The lowest BCUT2D eigenvalue weighted by molar-refractivity contribution is 0.498. The van der Waals surface area contributed by atoms with Crippen molar-refractivity contribution in [2.24, 2.45) is 0 Å². The van der Waals surface area contributed by atoms with Gasteiger partial charge in [0.2, 0.25) is 0 Å². The number of nitrogens with zero attached hydrogens (tertiary/aromatic N) is 1. The second-order valence-corrected chi connectivity index (χ2v) is 3.79. The van der Waals surface area contributed by atoms with Gasteiger partial charge in [-0.25, -0.2) is 13.2 Å². The average molecular weight is 263 g/mol. The predicted octanol–water partition coefficient (Wildman–Crippen LogP) is 3.30. The number of halogens is 3. The maximum absolute atomic E-state index is 13.4. The number of nitriles is 1. The van der Waals surface area contributed by atoms with Crippen molar-refractivity contribution in [1.82, 2.24) is 0 Å². The van der Waals surface area contributed by atoms with Gasteiger partial charge in [-0.05, 0) is 18.2 Å². The molecule has 6 heteroatoms. The molecule has 2 rings (SSSR count). The van der Waals surface area contributed by atoms with Crippen LogP contribution in [-0.2, 0) is 0 Å². The fourth-order valence-corrected chi connectivity index (χ4v) is 1.54. The van der Waals surface area contributed by atoms with Crippen LogP contribution in [0.4, 0.5) is 30.2 Å². The SMILES string of the molecule is N#Cc1ccc(Nc2cc(F)cc(F)c2F)c(N)c1. The lowest BCUT2D eigenvalue weighted by Gasteiger charge is -2.10. The smallest absolute Gasteiger partial charge is 0.182 e. The van der Waals surface area contributed by atoms with Crippen molar-refractivity contribution in [3.05, 3.63) is 53.3 Å².